The van der Waals surface area contributed by atoms with E-state index in [1.807, 2.05) is 7.05 Å². The lowest BCUT2D eigenvalue weighted by Crippen LogP contribution is -2.30. The van der Waals surface area contributed by atoms with Crippen LogP contribution in [-0.2, 0) is 11.2 Å². The fourth-order valence-corrected chi connectivity index (χ4v) is 3.52. The van der Waals surface area contributed by atoms with Gasteiger partial charge in [0.25, 0.3) is 5.91 Å². The number of fused-ring (bicyclic) bond motifs is 1. The molecule has 1 unspecified atom stereocenters. The Kier molecular flexibility index (Phi) is 4.56. The average Bonchev–Trinajstić information content (AvgIpc) is 2.71. The molecule has 2 heterocycles. The molecule has 2 N–H and O–H groups in total. The molecule has 4 nitrogen and oxygen atoms in total. The van der Waals surface area contributed by atoms with Crippen molar-refractivity contribution in [2.45, 2.75) is 31.7 Å². The lowest BCUT2D eigenvalue weighted by molar-refractivity contribution is 0.0546. The molecule has 0 aromatic heterocycles. The van der Waals surface area contributed by atoms with Crippen LogP contribution in [0, 0.1) is 5.92 Å². The summed E-state index contributed by atoms with van der Waals surface area (Å²) < 4.78 is 5.46. The van der Waals surface area contributed by atoms with E-state index < -0.39 is 0 Å². The van der Waals surface area contributed by atoms with E-state index in [0.717, 1.165) is 51.0 Å². The van der Waals surface area contributed by atoms with Crippen molar-refractivity contribution >= 4 is 5.91 Å². The average molecular weight is 288 g/mol. The molecule has 0 bridgehead atoms. The van der Waals surface area contributed by atoms with Crippen molar-refractivity contribution in [1.29, 1.82) is 0 Å². The Labute approximate surface area is 126 Å². The number of ether oxygens (including phenoxy) is 1. The standard InChI is InChI=1S/C17H24N2O2/c1-18-16(13-6-9-21-10-7-13)14-5-4-12-3-2-8-19-17(20)15(12)11-14/h4-5,11,13,16,18H,2-3,6-10H2,1H3,(H,19,20). The quantitative estimate of drug-likeness (QED) is 0.895. The summed E-state index contributed by atoms with van der Waals surface area (Å²) in [5.74, 6) is 0.654. The molecule has 114 valence electrons. The summed E-state index contributed by atoms with van der Waals surface area (Å²) in [7, 11) is 2.01. The molecule has 1 saturated heterocycles. The van der Waals surface area contributed by atoms with Gasteiger partial charge in [-0.25, -0.2) is 0 Å². The first kappa shape index (κ1) is 14.5. The van der Waals surface area contributed by atoms with Gasteiger partial charge in [-0.3, -0.25) is 4.79 Å². The third-order valence-electron chi connectivity index (χ3n) is 4.69. The minimum Gasteiger partial charge on any atom is -0.381 e. The van der Waals surface area contributed by atoms with Gasteiger partial charge in [-0.1, -0.05) is 12.1 Å². The predicted octanol–water partition coefficient (Wildman–Crippen LogP) is 2.05. The van der Waals surface area contributed by atoms with Crippen LogP contribution in [0.2, 0.25) is 0 Å². The first-order chi connectivity index (χ1) is 10.3. The van der Waals surface area contributed by atoms with Crippen LogP contribution in [0.3, 0.4) is 0 Å². The summed E-state index contributed by atoms with van der Waals surface area (Å²) in [5, 5.41) is 6.42. The number of amides is 1. The van der Waals surface area contributed by atoms with Gasteiger partial charge in [-0.15, -0.1) is 0 Å². The van der Waals surface area contributed by atoms with Gasteiger partial charge in [0.05, 0.1) is 0 Å². The highest BCUT2D eigenvalue weighted by molar-refractivity contribution is 5.96. The molecule has 0 spiro atoms. The van der Waals surface area contributed by atoms with Crippen molar-refractivity contribution in [2.75, 3.05) is 26.8 Å². The number of hydrogen-bond acceptors (Lipinski definition) is 3. The highest BCUT2D eigenvalue weighted by Crippen LogP contribution is 2.31. The van der Waals surface area contributed by atoms with Gasteiger partial charge in [0.15, 0.2) is 0 Å². The van der Waals surface area contributed by atoms with Crippen LogP contribution >= 0.6 is 0 Å². The van der Waals surface area contributed by atoms with Gasteiger partial charge < -0.3 is 15.4 Å². The summed E-state index contributed by atoms with van der Waals surface area (Å²) in [6.07, 6.45) is 4.16. The second-order valence-corrected chi connectivity index (χ2v) is 5.99. The summed E-state index contributed by atoms with van der Waals surface area (Å²) in [6.45, 7) is 2.46. The molecule has 1 atom stereocenters. The van der Waals surface area contributed by atoms with Gasteiger partial charge in [-0.2, -0.15) is 0 Å². The van der Waals surface area contributed by atoms with E-state index in [0.29, 0.717) is 12.0 Å². The Morgan fingerprint density at radius 3 is 2.90 bits per heavy atom. The second-order valence-electron chi connectivity index (χ2n) is 5.99. The Morgan fingerprint density at radius 1 is 1.33 bits per heavy atom. The number of nitrogens with one attached hydrogen (secondary N) is 2. The number of rotatable bonds is 3. The molecule has 4 heteroatoms. The third kappa shape index (κ3) is 3.11. The molecule has 2 aliphatic rings. The van der Waals surface area contributed by atoms with Crippen LogP contribution in [0.15, 0.2) is 18.2 Å². The molecule has 0 aliphatic carbocycles. The zero-order chi connectivity index (χ0) is 14.7. The normalized spacial score (nSPS) is 21.3. The van der Waals surface area contributed by atoms with Gasteiger partial charge in [0, 0.05) is 31.4 Å². The molecule has 1 amide bonds. The van der Waals surface area contributed by atoms with E-state index in [4.69, 9.17) is 4.74 Å². The van der Waals surface area contributed by atoms with E-state index in [1.165, 1.54) is 11.1 Å². The molecular formula is C17H24N2O2. The zero-order valence-corrected chi connectivity index (χ0v) is 12.7. The third-order valence-corrected chi connectivity index (χ3v) is 4.69. The van der Waals surface area contributed by atoms with Crippen LogP contribution in [0.5, 0.6) is 0 Å². The summed E-state index contributed by atoms with van der Waals surface area (Å²) in [5.41, 5.74) is 3.26. The maximum Gasteiger partial charge on any atom is 0.251 e. The van der Waals surface area contributed by atoms with E-state index >= 15 is 0 Å². The SMILES string of the molecule is CNC(c1ccc2c(c1)C(=O)NCCC2)C1CCOCC1. The van der Waals surface area contributed by atoms with Gasteiger partial charge >= 0.3 is 0 Å². The Balaban J connectivity index is 1.88. The van der Waals surface area contributed by atoms with E-state index in [2.05, 4.69) is 28.8 Å². The molecule has 0 radical (unpaired) electrons. The van der Waals surface area contributed by atoms with Crippen LogP contribution in [0.1, 0.15) is 46.8 Å². The lowest BCUT2D eigenvalue weighted by atomic mass is 9.85. The fourth-order valence-electron chi connectivity index (χ4n) is 3.52. The van der Waals surface area contributed by atoms with Crippen molar-refractivity contribution in [3.63, 3.8) is 0 Å². The van der Waals surface area contributed by atoms with Gasteiger partial charge in [-0.05, 0) is 55.8 Å². The van der Waals surface area contributed by atoms with Crippen molar-refractivity contribution < 1.29 is 9.53 Å². The molecule has 2 aliphatic heterocycles. The molecular weight excluding hydrogens is 264 g/mol. The molecule has 1 fully saturated rings. The first-order valence-corrected chi connectivity index (χ1v) is 7.95. The first-order valence-electron chi connectivity index (χ1n) is 7.95. The Morgan fingerprint density at radius 2 is 2.14 bits per heavy atom. The predicted molar refractivity (Wildman–Crippen MR) is 82.4 cm³/mol. The largest absolute Gasteiger partial charge is 0.381 e. The smallest absolute Gasteiger partial charge is 0.251 e. The summed E-state index contributed by atoms with van der Waals surface area (Å²) in [6, 6.07) is 6.72. The molecule has 21 heavy (non-hydrogen) atoms. The Bertz CT molecular complexity index is 510. The lowest BCUT2D eigenvalue weighted by Gasteiger charge is -2.30. The van der Waals surface area contributed by atoms with Gasteiger partial charge in [0.1, 0.15) is 0 Å². The van der Waals surface area contributed by atoms with Crippen LogP contribution < -0.4 is 10.6 Å². The van der Waals surface area contributed by atoms with Crippen molar-refractivity contribution in [1.82, 2.24) is 10.6 Å². The van der Waals surface area contributed by atoms with Crippen molar-refractivity contribution in [3.05, 3.63) is 34.9 Å². The molecule has 3 rings (SSSR count). The van der Waals surface area contributed by atoms with E-state index in [-0.39, 0.29) is 5.91 Å². The van der Waals surface area contributed by atoms with Gasteiger partial charge in [0.2, 0.25) is 0 Å². The van der Waals surface area contributed by atoms with Crippen LogP contribution in [0.4, 0.5) is 0 Å². The summed E-state index contributed by atoms with van der Waals surface area (Å²) in [4.78, 5) is 12.2. The second kappa shape index (κ2) is 6.58. The van der Waals surface area contributed by atoms with Crippen molar-refractivity contribution in [2.24, 2.45) is 5.92 Å². The highest BCUT2D eigenvalue weighted by Gasteiger charge is 2.25. The number of carbonyl (C=O) groups is 1. The fraction of sp³-hybridized carbons (Fsp3) is 0.588. The highest BCUT2D eigenvalue weighted by atomic mass is 16.5. The minimum absolute atomic E-state index is 0.0752. The molecule has 1 aromatic carbocycles. The number of hydrogen-bond donors (Lipinski definition) is 2. The zero-order valence-electron chi connectivity index (χ0n) is 12.7. The van der Waals surface area contributed by atoms with Crippen molar-refractivity contribution in [3.8, 4) is 0 Å². The maximum atomic E-state index is 12.2. The number of carbonyl (C=O) groups excluding carboxylic acids is 1. The number of aryl methyl sites for hydroxylation is 1. The van der Waals surface area contributed by atoms with Crippen LogP contribution in [0.25, 0.3) is 0 Å². The monoisotopic (exact) mass is 288 g/mol. The Hall–Kier alpha value is -1.39. The maximum absolute atomic E-state index is 12.2. The molecule has 0 saturated carbocycles. The van der Waals surface area contributed by atoms with E-state index in [9.17, 15) is 4.79 Å². The van der Waals surface area contributed by atoms with E-state index in [1.54, 1.807) is 0 Å². The van der Waals surface area contributed by atoms with Crippen LogP contribution in [-0.4, -0.2) is 32.7 Å². The molecule has 1 aromatic rings. The topological polar surface area (TPSA) is 50.4 Å². The summed E-state index contributed by atoms with van der Waals surface area (Å²) >= 11 is 0. The minimum atomic E-state index is 0.0752. The number of benzene rings is 1.